The molecule has 5 nitrogen and oxygen atoms in total. The molecule has 1 atom stereocenters. The van der Waals surface area contributed by atoms with Gasteiger partial charge in [-0.15, -0.1) is 0 Å². The topological polar surface area (TPSA) is 78.4 Å². The third-order valence-electron chi connectivity index (χ3n) is 3.51. The maximum atomic E-state index is 11.4. The molecule has 0 fully saturated rings. The number of fused-ring (bicyclic) bond motifs is 1. The fourth-order valence-corrected chi connectivity index (χ4v) is 2.52. The lowest BCUT2D eigenvalue weighted by Gasteiger charge is -2.19. The van der Waals surface area contributed by atoms with Gasteiger partial charge in [0.25, 0.3) is 0 Å². The monoisotopic (exact) mass is 290 g/mol. The SMILES string of the molecule is CC(C)CNC(CC(=O)O)Cc1ccc2c(c1)CC(=O)N2. The lowest BCUT2D eigenvalue weighted by atomic mass is 10.00. The fourth-order valence-electron chi connectivity index (χ4n) is 2.52. The third kappa shape index (κ3) is 4.56. The second-order valence-corrected chi connectivity index (χ2v) is 6.02. The molecule has 3 N–H and O–H groups in total. The highest BCUT2D eigenvalue weighted by Gasteiger charge is 2.19. The van der Waals surface area contributed by atoms with E-state index >= 15 is 0 Å². The van der Waals surface area contributed by atoms with Crippen LogP contribution in [0.4, 0.5) is 5.69 Å². The zero-order valence-electron chi connectivity index (χ0n) is 12.5. The molecule has 114 valence electrons. The van der Waals surface area contributed by atoms with Crippen molar-refractivity contribution in [3.63, 3.8) is 0 Å². The molecule has 0 aromatic heterocycles. The minimum absolute atomic E-state index is 0.0159. The van der Waals surface area contributed by atoms with Crippen LogP contribution in [-0.2, 0) is 22.4 Å². The quantitative estimate of drug-likeness (QED) is 0.715. The lowest BCUT2D eigenvalue weighted by Crippen LogP contribution is -2.35. The molecule has 1 amide bonds. The van der Waals surface area contributed by atoms with Crippen molar-refractivity contribution >= 4 is 17.6 Å². The lowest BCUT2D eigenvalue weighted by molar-refractivity contribution is -0.137. The van der Waals surface area contributed by atoms with Crippen LogP contribution in [0.25, 0.3) is 0 Å². The second kappa shape index (κ2) is 6.72. The Hall–Kier alpha value is -1.88. The highest BCUT2D eigenvalue weighted by atomic mass is 16.4. The number of carbonyl (C=O) groups excluding carboxylic acids is 1. The summed E-state index contributed by atoms with van der Waals surface area (Å²) in [6.07, 6.45) is 1.16. The second-order valence-electron chi connectivity index (χ2n) is 6.02. The maximum Gasteiger partial charge on any atom is 0.304 e. The first-order valence-electron chi connectivity index (χ1n) is 7.31. The summed E-state index contributed by atoms with van der Waals surface area (Å²) in [5.74, 6) is -0.306. The molecule has 1 heterocycles. The molecule has 0 bridgehead atoms. The van der Waals surface area contributed by atoms with Gasteiger partial charge in [0.15, 0.2) is 0 Å². The Morgan fingerprint density at radius 3 is 2.86 bits per heavy atom. The van der Waals surface area contributed by atoms with Gasteiger partial charge in [0.2, 0.25) is 5.91 Å². The Kier molecular flexibility index (Phi) is 4.96. The Labute approximate surface area is 124 Å². The predicted molar refractivity (Wildman–Crippen MR) is 81.4 cm³/mol. The predicted octanol–water partition coefficient (Wildman–Crippen LogP) is 1.81. The molecule has 1 aromatic carbocycles. The van der Waals surface area contributed by atoms with E-state index in [1.165, 1.54) is 0 Å². The maximum absolute atomic E-state index is 11.4. The number of nitrogens with one attached hydrogen (secondary N) is 2. The molecular formula is C16H22N2O3. The molecule has 0 aliphatic carbocycles. The largest absolute Gasteiger partial charge is 0.481 e. The van der Waals surface area contributed by atoms with Crippen molar-refractivity contribution in [1.82, 2.24) is 5.32 Å². The highest BCUT2D eigenvalue weighted by Crippen LogP contribution is 2.24. The number of amides is 1. The first-order valence-corrected chi connectivity index (χ1v) is 7.31. The van der Waals surface area contributed by atoms with E-state index in [2.05, 4.69) is 24.5 Å². The molecule has 1 aromatic rings. The van der Waals surface area contributed by atoms with E-state index in [1.54, 1.807) is 0 Å². The summed E-state index contributed by atoms with van der Waals surface area (Å²) in [6.45, 7) is 4.98. The number of carbonyl (C=O) groups is 2. The van der Waals surface area contributed by atoms with Gasteiger partial charge in [0, 0.05) is 11.7 Å². The van der Waals surface area contributed by atoms with Crippen molar-refractivity contribution in [2.75, 3.05) is 11.9 Å². The van der Waals surface area contributed by atoms with Crippen molar-refractivity contribution in [2.24, 2.45) is 5.92 Å². The van der Waals surface area contributed by atoms with Crippen LogP contribution in [0, 0.1) is 5.92 Å². The Bertz CT molecular complexity index is 540. The molecular weight excluding hydrogens is 268 g/mol. The number of carboxylic acids is 1. The van der Waals surface area contributed by atoms with Crippen molar-refractivity contribution < 1.29 is 14.7 Å². The minimum atomic E-state index is -0.797. The van der Waals surface area contributed by atoms with Crippen LogP contribution >= 0.6 is 0 Å². The molecule has 5 heteroatoms. The van der Waals surface area contributed by atoms with Gasteiger partial charge in [-0.1, -0.05) is 26.0 Å². The van der Waals surface area contributed by atoms with Crippen molar-refractivity contribution in [1.29, 1.82) is 0 Å². The smallest absolute Gasteiger partial charge is 0.304 e. The summed E-state index contributed by atoms with van der Waals surface area (Å²) < 4.78 is 0. The van der Waals surface area contributed by atoms with Crippen LogP contribution in [0.15, 0.2) is 18.2 Å². The zero-order chi connectivity index (χ0) is 15.4. The van der Waals surface area contributed by atoms with Crippen LogP contribution < -0.4 is 10.6 Å². The summed E-state index contributed by atoms with van der Waals surface area (Å²) >= 11 is 0. The van der Waals surface area contributed by atoms with Crippen LogP contribution in [-0.4, -0.2) is 29.6 Å². The molecule has 21 heavy (non-hydrogen) atoms. The summed E-state index contributed by atoms with van der Waals surface area (Å²) in [4.78, 5) is 22.3. The number of rotatable bonds is 7. The molecule has 1 aliphatic heterocycles. The third-order valence-corrected chi connectivity index (χ3v) is 3.51. The van der Waals surface area contributed by atoms with Gasteiger partial charge >= 0.3 is 5.97 Å². The number of anilines is 1. The van der Waals surface area contributed by atoms with E-state index in [4.69, 9.17) is 5.11 Å². The minimum Gasteiger partial charge on any atom is -0.481 e. The summed E-state index contributed by atoms with van der Waals surface area (Å²) in [6, 6.07) is 5.76. The van der Waals surface area contributed by atoms with Gasteiger partial charge in [-0.3, -0.25) is 9.59 Å². The van der Waals surface area contributed by atoms with Crippen LogP contribution in [0.3, 0.4) is 0 Å². The molecule has 0 spiro atoms. The Morgan fingerprint density at radius 1 is 1.43 bits per heavy atom. The number of hydrogen-bond acceptors (Lipinski definition) is 3. The Morgan fingerprint density at radius 2 is 2.19 bits per heavy atom. The molecule has 0 radical (unpaired) electrons. The van der Waals surface area contributed by atoms with E-state index in [9.17, 15) is 9.59 Å². The average molecular weight is 290 g/mol. The van der Waals surface area contributed by atoms with Gasteiger partial charge in [-0.2, -0.15) is 0 Å². The fraction of sp³-hybridized carbons (Fsp3) is 0.500. The van der Waals surface area contributed by atoms with Gasteiger partial charge in [0.05, 0.1) is 12.8 Å². The van der Waals surface area contributed by atoms with Gasteiger partial charge in [-0.25, -0.2) is 0 Å². The molecule has 2 rings (SSSR count). The number of aliphatic carboxylic acids is 1. The zero-order valence-corrected chi connectivity index (χ0v) is 12.5. The normalized spacial score (nSPS) is 14.9. The van der Waals surface area contributed by atoms with E-state index in [1.807, 2.05) is 18.2 Å². The molecule has 0 saturated carbocycles. The van der Waals surface area contributed by atoms with E-state index in [-0.39, 0.29) is 18.4 Å². The molecule has 1 aliphatic rings. The van der Waals surface area contributed by atoms with E-state index in [0.29, 0.717) is 18.8 Å². The molecule has 1 unspecified atom stereocenters. The van der Waals surface area contributed by atoms with Crippen LogP contribution in [0.2, 0.25) is 0 Å². The van der Waals surface area contributed by atoms with Crippen LogP contribution in [0.5, 0.6) is 0 Å². The Balaban J connectivity index is 2.04. The van der Waals surface area contributed by atoms with Gasteiger partial charge in [0.1, 0.15) is 0 Å². The first kappa shape index (κ1) is 15.5. The highest BCUT2D eigenvalue weighted by molar-refractivity contribution is 5.99. The first-order chi connectivity index (χ1) is 9.94. The number of carboxylic acid groups (broad SMARTS) is 1. The van der Waals surface area contributed by atoms with E-state index in [0.717, 1.165) is 23.4 Å². The van der Waals surface area contributed by atoms with Crippen molar-refractivity contribution in [3.8, 4) is 0 Å². The molecule has 0 saturated heterocycles. The summed E-state index contributed by atoms with van der Waals surface area (Å²) in [7, 11) is 0. The van der Waals surface area contributed by atoms with Gasteiger partial charge in [-0.05, 0) is 36.1 Å². The van der Waals surface area contributed by atoms with Crippen LogP contribution in [0.1, 0.15) is 31.4 Å². The van der Waals surface area contributed by atoms with Crippen molar-refractivity contribution in [2.45, 2.75) is 39.2 Å². The summed E-state index contributed by atoms with van der Waals surface area (Å²) in [5.41, 5.74) is 2.93. The standard InChI is InChI=1S/C16H22N2O3/c1-10(2)9-17-13(8-16(20)21)6-11-3-4-14-12(5-11)7-15(19)18-14/h3-5,10,13,17H,6-9H2,1-2H3,(H,18,19)(H,20,21). The van der Waals surface area contributed by atoms with Gasteiger partial charge < -0.3 is 15.7 Å². The summed E-state index contributed by atoms with van der Waals surface area (Å²) in [5, 5.41) is 15.1. The van der Waals surface area contributed by atoms with Crippen molar-refractivity contribution in [3.05, 3.63) is 29.3 Å². The number of hydrogen-bond donors (Lipinski definition) is 3. The average Bonchev–Trinajstić information content (AvgIpc) is 2.74. The number of benzene rings is 1. The van der Waals surface area contributed by atoms with E-state index < -0.39 is 5.97 Å².